The quantitative estimate of drug-likeness (QED) is 0.872. The van der Waals surface area contributed by atoms with Crippen LogP contribution in [0, 0.1) is 5.92 Å². The Bertz CT molecular complexity index is 532. The van der Waals surface area contributed by atoms with Crippen LogP contribution < -0.4 is 5.73 Å². The molecule has 1 atom stereocenters. The second-order valence-corrected chi connectivity index (χ2v) is 7.33. The molecule has 1 aliphatic rings. The summed E-state index contributed by atoms with van der Waals surface area (Å²) in [7, 11) is -3.43. The number of nitrogens with zero attached hydrogens (tertiary/aromatic N) is 1. The molecule has 1 aromatic carbocycles. The predicted octanol–water partition coefficient (Wildman–Crippen LogP) is 1.10. The van der Waals surface area contributed by atoms with E-state index in [-0.39, 0.29) is 18.6 Å². The maximum absolute atomic E-state index is 12.5. The number of nitrogens with two attached hydrogens (primary N) is 1. The molecule has 1 fully saturated rings. The van der Waals surface area contributed by atoms with Crippen LogP contribution in [-0.4, -0.2) is 37.5 Å². The first-order chi connectivity index (χ1) is 9.45. The van der Waals surface area contributed by atoms with Crippen molar-refractivity contribution in [3.8, 4) is 0 Å². The van der Waals surface area contributed by atoms with Gasteiger partial charge in [-0.3, -0.25) is 0 Å². The number of aliphatic hydroxyl groups excluding tert-OH is 1. The number of sulfonamides is 1. The molecule has 2 rings (SSSR count). The molecule has 20 heavy (non-hydrogen) atoms. The molecule has 1 saturated heterocycles. The molecule has 0 aliphatic carbocycles. The standard InChI is InChI=1S/C14H22N2O3S/c1-11(15)13-2-4-14(5-3-13)20(18,19)16-8-6-12(10-17)7-9-16/h2-5,11-12,17H,6-10,15H2,1H3. The summed E-state index contributed by atoms with van der Waals surface area (Å²) in [5.41, 5.74) is 6.68. The molecule has 0 amide bonds. The average molecular weight is 298 g/mol. The van der Waals surface area contributed by atoms with Crippen LogP contribution in [0.1, 0.15) is 31.4 Å². The van der Waals surface area contributed by atoms with Gasteiger partial charge in [-0.2, -0.15) is 4.31 Å². The third-order valence-corrected chi connectivity index (χ3v) is 5.79. The molecule has 112 valence electrons. The lowest BCUT2D eigenvalue weighted by Crippen LogP contribution is -2.39. The molecule has 6 heteroatoms. The maximum Gasteiger partial charge on any atom is 0.243 e. The smallest absolute Gasteiger partial charge is 0.243 e. The van der Waals surface area contributed by atoms with Crippen LogP contribution in [0.2, 0.25) is 0 Å². The van der Waals surface area contributed by atoms with Crippen molar-refractivity contribution in [3.63, 3.8) is 0 Å². The number of hydrogen-bond acceptors (Lipinski definition) is 4. The first-order valence-corrected chi connectivity index (χ1v) is 8.35. The van der Waals surface area contributed by atoms with E-state index in [0.29, 0.717) is 30.8 Å². The van der Waals surface area contributed by atoms with Gasteiger partial charge in [0, 0.05) is 25.7 Å². The Kier molecular flexibility index (Phi) is 4.80. The highest BCUT2D eigenvalue weighted by atomic mass is 32.2. The van der Waals surface area contributed by atoms with E-state index in [2.05, 4.69) is 0 Å². The lowest BCUT2D eigenvalue weighted by molar-refractivity contribution is 0.170. The van der Waals surface area contributed by atoms with Crippen LogP contribution in [0.3, 0.4) is 0 Å². The van der Waals surface area contributed by atoms with E-state index in [1.54, 1.807) is 24.3 Å². The minimum atomic E-state index is -3.43. The van der Waals surface area contributed by atoms with Gasteiger partial charge in [-0.1, -0.05) is 12.1 Å². The Morgan fingerprint density at radius 2 is 1.85 bits per heavy atom. The van der Waals surface area contributed by atoms with Crippen LogP contribution in [0.5, 0.6) is 0 Å². The van der Waals surface area contributed by atoms with Gasteiger partial charge < -0.3 is 10.8 Å². The van der Waals surface area contributed by atoms with Crippen molar-refractivity contribution < 1.29 is 13.5 Å². The summed E-state index contributed by atoms with van der Waals surface area (Å²) in [5.74, 6) is 0.224. The monoisotopic (exact) mass is 298 g/mol. The number of benzene rings is 1. The zero-order chi connectivity index (χ0) is 14.8. The first-order valence-electron chi connectivity index (χ1n) is 6.91. The van der Waals surface area contributed by atoms with E-state index in [1.165, 1.54) is 4.31 Å². The minimum absolute atomic E-state index is 0.105. The van der Waals surface area contributed by atoms with Crippen molar-refractivity contribution in [2.75, 3.05) is 19.7 Å². The summed E-state index contributed by atoms with van der Waals surface area (Å²) in [6.45, 7) is 2.95. The van der Waals surface area contributed by atoms with Crippen molar-refractivity contribution in [1.29, 1.82) is 0 Å². The number of hydrogen-bond donors (Lipinski definition) is 2. The molecular formula is C14H22N2O3S. The Balaban J connectivity index is 2.14. The number of rotatable bonds is 4. The second-order valence-electron chi connectivity index (χ2n) is 5.39. The summed E-state index contributed by atoms with van der Waals surface area (Å²) >= 11 is 0. The molecule has 0 spiro atoms. The zero-order valence-corrected chi connectivity index (χ0v) is 12.5. The van der Waals surface area contributed by atoms with E-state index in [1.807, 2.05) is 6.92 Å². The largest absolute Gasteiger partial charge is 0.396 e. The summed E-state index contributed by atoms with van der Waals surface area (Å²) in [6.07, 6.45) is 1.43. The van der Waals surface area contributed by atoms with Crippen LogP contribution >= 0.6 is 0 Å². The predicted molar refractivity (Wildman–Crippen MR) is 77.6 cm³/mol. The van der Waals surface area contributed by atoms with Gasteiger partial charge in [0.1, 0.15) is 0 Å². The molecule has 0 aromatic heterocycles. The van der Waals surface area contributed by atoms with Crippen molar-refractivity contribution in [2.45, 2.75) is 30.7 Å². The van der Waals surface area contributed by atoms with Crippen molar-refractivity contribution in [1.82, 2.24) is 4.31 Å². The van der Waals surface area contributed by atoms with Gasteiger partial charge in [0.25, 0.3) is 0 Å². The SMILES string of the molecule is CC(N)c1ccc(S(=O)(=O)N2CCC(CO)CC2)cc1. The van der Waals surface area contributed by atoms with Crippen molar-refractivity contribution in [3.05, 3.63) is 29.8 Å². The highest BCUT2D eigenvalue weighted by molar-refractivity contribution is 7.89. The number of aliphatic hydroxyl groups is 1. The van der Waals surface area contributed by atoms with Crippen molar-refractivity contribution in [2.24, 2.45) is 11.7 Å². The molecule has 1 aliphatic heterocycles. The van der Waals surface area contributed by atoms with Crippen LogP contribution in [-0.2, 0) is 10.0 Å². The fourth-order valence-electron chi connectivity index (χ4n) is 2.42. The molecule has 3 N–H and O–H groups in total. The zero-order valence-electron chi connectivity index (χ0n) is 11.7. The third kappa shape index (κ3) is 3.20. The molecular weight excluding hydrogens is 276 g/mol. The maximum atomic E-state index is 12.5. The highest BCUT2D eigenvalue weighted by Gasteiger charge is 2.29. The van der Waals surface area contributed by atoms with Gasteiger partial charge in [-0.05, 0) is 43.4 Å². The lowest BCUT2D eigenvalue weighted by atomic mass is 10.00. The van der Waals surface area contributed by atoms with Crippen molar-refractivity contribution >= 4 is 10.0 Å². The van der Waals surface area contributed by atoms with E-state index >= 15 is 0 Å². The molecule has 0 saturated carbocycles. The van der Waals surface area contributed by atoms with Gasteiger partial charge in [0.05, 0.1) is 4.90 Å². The Hall–Kier alpha value is -0.950. The Morgan fingerprint density at radius 1 is 1.30 bits per heavy atom. The average Bonchev–Trinajstić information content (AvgIpc) is 2.47. The Morgan fingerprint density at radius 3 is 2.30 bits per heavy atom. The summed E-state index contributed by atoms with van der Waals surface area (Å²) < 4.78 is 26.5. The van der Waals surface area contributed by atoms with E-state index in [0.717, 1.165) is 5.56 Å². The Labute approximate surface area is 120 Å². The second kappa shape index (κ2) is 6.22. The van der Waals surface area contributed by atoms with Gasteiger partial charge in [-0.15, -0.1) is 0 Å². The van der Waals surface area contributed by atoms with Gasteiger partial charge in [-0.25, -0.2) is 8.42 Å². The molecule has 0 bridgehead atoms. The normalized spacial score (nSPS) is 19.9. The van der Waals surface area contributed by atoms with Crippen LogP contribution in [0.4, 0.5) is 0 Å². The highest BCUT2D eigenvalue weighted by Crippen LogP contribution is 2.24. The molecule has 0 radical (unpaired) electrons. The topological polar surface area (TPSA) is 83.6 Å². The van der Waals surface area contributed by atoms with Gasteiger partial charge in [0.15, 0.2) is 0 Å². The lowest BCUT2D eigenvalue weighted by Gasteiger charge is -2.30. The molecule has 5 nitrogen and oxygen atoms in total. The molecule has 1 heterocycles. The third-order valence-electron chi connectivity index (χ3n) is 3.88. The van der Waals surface area contributed by atoms with E-state index in [4.69, 9.17) is 10.8 Å². The molecule has 1 unspecified atom stereocenters. The van der Waals surface area contributed by atoms with Crippen LogP contribution in [0.25, 0.3) is 0 Å². The van der Waals surface area contributed by atoms with Gasteiger partial charge in [0.2, 0.25) is 10.0 Å². The summed E-state index contributed by atoms with van der Waals surface area (Å²) in [4.78, 5) is 0.310. The fourth-order valence-corrected chi connectivity index (χ4v) is 3.89. The van der Waals surface area contributed by atoms with E-state index < -0.39 is 10.0 Å². The fraction of sp³-hybridized carbons (Fsp3) is 0.571. The first kappa shape index (κ1) is 15.4. The molecule has 1 aromatic rings. The van der Waals surface area contributed by atoms with Crippen LogP contribution in [0.15, 0.2) is 29.2 Å². The minimum Gasteiger partial charge on any atom is -0.396 e. The summed E-state index contributed by atoms with van der Waals surface area (Å²) in [5, 5.41) is 9.10. The summed E-state index contributed by atoms with van der Waals surface area (Å²) in [6, 6.07) is 6.65. The van der Waals surface area contributed by atoms with E-state index in [9.17, 15) is 8.42 Å². The number of piperidine rings is 1. The van der Waals surface area contributed by atoms with Gasteiger partial charge >= 0.3 is 0 Å².